The quantitative estimate of drug-likeness (QED) is 0.644. The Kier molecular flexibility index (Phi) is 5.39. The molecule has 0 amide bonds. The van der Waals surface area contributed by atoms with E-state index in [-0.39, 0.29) is 22.7 Å². The molecular weight excluding hydrogens is 378 g/mol. The smallest absolute Gasteiger partial charge is 0.266 e. The van der Waals surface area contributed by atoms with Gasteiger partial charge in [-0.25, -0.2) is 22.2 Å². The molecule has 0 saturated heterocycles. The number of anilines is 1. The molecule has 0 aliphatic rings. The molecule has 150 valence electrons. The summed E-state index contributed by atoms with van der Waals surface area (Å²) in [4.78, 5) is 20.9. The van der Waals surface area contributed by atoms with Crippen LogP contribution in [-0.2, 0) is 6.67 Å². The Labute approximate surface area is 157 Å². The normalized spacial score (nSPS) is 12.7. The van der Waals surface area contributed by atoms with E-state index < -0.39 is 36.1 Å². The summed E-state index contributed by atoms with van der Waals surface area (Å²) in [5.74, 6) is -0.786. The zero-order valence-corrected chi connectivity index (χ0v) is 15.5. The predicted molar refractivity (Wildman–Crippen MR) is 97.1 cm³/mol. The molecule has 1 N–H and O–H groups in total. The van der Waals surface area contributed by atoms with Crippen molar-refractivity contribution in [2.75, 3.05) is 19.0 Å². The molecule has 3 aromatic rings. The minimum Gasteiger partial charge on any atom is -0.348 e. The molecule has 6 nitrogen and oxygen atoms in total. The van der Waals surface area contributed by atoms with Gasteiger partial charge in [-0.3, -0.25) is 9.78 Å². The van der Waals surface area contributed by atoms with Crippen LogP contribution in [0.25, 0.3) is 11.0 Å². The highest BCUT2D eigenvalue weighted by molar-refractivity contribution is 5.78. The number of aromatic amines is 1. The average Bonchev–Trinajstić information content (AvgIpc) is 3.01. The molecule has 0 spiro atoms. The Morgan fingerprint density at radius 1 is 1.29 bits per heavy atom. The molecular formula is C18H19F4N5O. The van der Waals surface area contributed by atoms with Gasteiger partial charge in [-0.2, -0.15) is 10.1 Å². The minimum absolute atomic E-state index is 0.0104. The van der Waals surface area contributed by atoms with Crippen molar-refractivity contribution < 1.29 is 17.6 Å². The molecule has 0 aliphatic carbocycles. The number of hydrogen-bond acceptors (Lipinski definition) is 4. The van der Waals surface area contributed by atoms with Gasteiger partial charge in [0.2, 0.25) is 5.95 Å². The number of alkyl halides is 3. The number of nitrogens with zero attached hydrogens (tertiary/aromatic N) is 4. The monoisotopic (exact) mass is 397 g/mol. The summed E-state index contributed by atoms with van der Waals surface area (Å²) >= 11 is 0. The fraction of sp³-hybridized carbons (Fsp3) is 0.389. The van der Waals surface area contributed by atoms with Crippen LogP contribution in [0.4, 0.5) is 23.5 Å². The van der Waals surface area contributed by atoms with Crippen molar-refractivity contribution in [1.29, 1.82) is 0 Å². The summed E-state index contributed by atoms with van der Waals surface area (Å²) in [5.41, 5.74) is -0.810. The van der Waals surface area contributed by atoms with Gasteiger partial charge in [0, 0.05) is 14.1 Å². The Hall–Kier alpha value is -2.91. The topological polar surface area (TPSA) is 66.8 Å². The van der Waals surface area contributed by atoms with Crippen LogP contribution < -0.4 is 10.5 Å². The Balaban J connectivity index is 2.23. The molecule has 0 unspecified atom stereocenters. The van der Waals surface area contributed by atoms with Crippen LogP contribution in [0.2, 0.25) is 0 Å². The van der Waals surface area contributed by atoms with Crippen molar-refractivity contribution in [3.8, 4) is 0 Å². The Morgan fingerprint density at radius 3 is 2.54 bits per heavy atom. The van der Waals surface area contributed by atoms with Gasteiger partial charge in [0.1, 0.15) is 23.6 Å². The standard InChI is InChI=1S/C18H19F4N5O/c1-4-13(9-5-6-10(15(21)22)11(20)7-9)27-16-14(12(8-19)25-27)17(28)24-18(23-16)26(2)3/h5-7,13,15H,4,8H2,1-3H3,(H,23,24,28)/t13-/m0/s1. The minimum atomic E-state index is -2.93. The maximum Gasteiger partial charge on any atom is 0.266 e. The van der Waals surface area contributed by atoms with Crippen LogP contribution in [-0.4, -0.2) is 33.8 Å². The zero-order chi connectivity index (χ0) is 20.6. The first-order valence-corrected chi connectivity index (χ1v) is 8.60. The molecule has 3 rings (SSSR count). The maximum atomic E-state index is 14.1. The lowest BCUT2D eigenvalue weighted by Crippen LogP contribution is -2.20. The first kappa shape index (κ1) is 19.8. The maximum absolute atomic E-state index is 14.1. The molecule has 0 saturated carbocycles. The van der Waals surface area contributed by atoms with E-state index >= 15 is 0 Å². The third-order valence-corrected chi connectivity index (χ3v) is 4.50. The largest absolute Gasteiger partial charge is 0.348 e. The summed E-state index contributed by atoms with van der Waals surface area (Å²) in [6.45, 7) is 0.803. The van der Waals surface area contributed by atoms with Crippen molar-refractivity contribution in [2.24, 2.45) is 0 Å². The van der Waals surface area contributed by atoms with Gasteiger partial charge in [0.15, 0.2) is 5.65 Å². The molecule has 0 fully saturated rings. The van der Waals surface area contributed by atoms with Gasteiger partial charge in [-0.1, -0.05) is 19.1 Å². The highest BCUT2D eigenvalue weighted by atomic mass is 19.3. The van der Waals surface area contributed by atoms with Crippen LogP contribution in [0.15, 0.2) is 23.0 Å². The van der Waals surface area contributed by atoms with E-state index in [2.05, 4.69) is 15.1 Å². The van der Waals surface area contributed by atoms with Gasteiger partial charge < -0.3 is 4.90 Å². The van der Waals surface area contributed by atoms with Crippen LogP contribution >= 0.6 is 0 Å². The van der Waals surface area contributed by atoms with Crippen LogP contribution in [0.1, 0.15) is 42.6 Å². The Morgan fingerprint density at radius 2 is 2.00 bits per heavy atom. The van der Waals surface area contributed by atoms with Gasteiger partial charge in [-0.05, 0) is 18.1 Å². The Bertz CT molecular complexity index is 1060. The van der Waals surface area contributed by atoms with Crippen LogP contribution in [0.5, 0.6) is 0 Å². The lowest BCUT2D eigenvalue weighted by molar-refractivity contribution is 0.146. The number of aromatic nitrogens is 4. The number of nitrogens with one attached hydrogen (secondary N) is 1. The van der Waals surface area contributed by atoms with E-state index in [9.17, 15) is 22.4 Å². The molecule has 0 aliphatic heterocycles. The zero-order valence-electron chi connectivity index (χ0n) is 15.5. The molecule has 2 aromatic heterocycles. The van der Waals surface area contributed by atoms with E-state index in [1.54, 1.807) is 25.9 Å². The van der Waals surface area contributed by atoms with Crippen molar-refractivity contribution in [3.63, 3.8) is 0 Å². The van der Waals surface area contributed by atoms with Crippen molar-refractivity contribution >= 4 is 17.0 Å². The molecule has 28 heavy (non-hydrogen) atoms. The summed E-state index contributed by atoms with van der Waals surface area (Å²) in [6.07, 6.45) is -2.54. The number of rotatable bonds is 6. The number of fused-ring (bicyclic) bond motifs is 1. The lowest BCUT2D eigenvalue weighted by Gasteiger charge is -2.18. The first-order valence-electron chi connectivity index (χ1n) is 8.60. The fourth-order valence-electron chi connectivity index (χ4n) is 3.10. The highest BCUT2D eigenvalue weighted by Gasteiger charge is 2.24. The third-order valence-electron chi connectivity index (χ3n) is 4.50. The van der Waals surface area contributed by atoms with Crippen LogP contribution in [0, 0.1) is 5.82 Å². The van der Waals surface area contributed by atoms with E-state index in [4.69, 9.17) is 0 Å². The van der Waals surface area contributed by atoms with Crippen molar-refractivity contribution in [3.05, 3.63) is 51.2 Å². The average molecular weight is 397 g/mol. The number of hydrogen-bond donors (Lipinski definition) is 1. The number of H-pyrrole nitrogens is 1. The lowest BCUT2D eigenvalue weighted by atomic mass is 10.0. The van der Waals surface area contributed by atoms with Crippen molar-refractivity contribution in [1.82, 2.24) is 19.7 Å². The molecule has 2 heterocycles. The van der Waals surface area contributed by atoms with E-state index in [0.717, 1.165) is 12.1 Å². The summed E-state index contributed by atoms with van der Waals surface area (Å²) in [5, 5.41) is 4.18. The first-order chi connectivity index (χ1) is 13.3. The second-order valence-corrected chi connectivity index (χ2v) is 6.51. The van der Waals surface area contributed by atoms with E-state index in [0.29, 0.717) is 12.0 Å². The molecule has 10 heteroatoms. The van der Waals surface area contributed by atoms with Gasteiger partial charge >= 0.3 is 0 Å². The summed E-state index contributed by atoms with van der Waals surface area (Å²) in [6, 6.07) is 2.79. The summed E-state index contributed by atoms with van der Waals surface area (Å²) < 4.78 is 54.6. The fourth-order valence-corrected chi connectivity index (χ4v) is 3.10. The van der Waals surface area contributed by atoms with Gasteiger partial charge in [0.25, 0.3) is 12.0 Å². The predicted octanol–water partition coefficient (Wildman–Crippen LogP) is 3.73. The second kappa shape index (κ2) is 7.61. The number of halogens is 4. The summed E-state index contributed by atoms with van der Waals surface area (Å²) in [7, 11) is 3.35. The molecule has 1 atom stereocenters. The SMILES string of the molecule is CC[C@@H](c1ccc(C(F)F)c(F)c1)n1nc(CF)c2c(=O)[nH]c(N(C)C)nc21. The van der Waals surface area contributed by atoms with Gasteiger partial charge in [0.05, 0.1) is 11.6 Å². The van der Waals surface area contributed by atoms with E-state index in [1.165, 1.54) is 10.7 Å². The highest BCUT2D eigenvalue weighted by Crippen LogP contribution is 2.30. The molecule has 0 radical (unpaired) electrons. The number of benzene rings is 1. The van der Waals surface area contributed by atoms with Crippen molar-refractivity contribution in [2.45, 2.75) is 32.5 Å². The second-order valence-electron chi connectivity index (χ2n) is 6.51. The third kappa shape index (κ3) is 3.34. The van der Waals surface area contributed by atoms with Crippen LogP contribution in [0.3, 0.4) is 0 Å². The van der Waals surface area contributed by atoms with E-state index in [1.807, 2.05) is 0 Å². The van der Waals surface area contributed by atoms with Gasteiger partial charge in [-0.15, -0.1) is 0 Å². The molecule has 1 aromatic carbocycles. The molecule has 0 bridgehead atoms.